The van der Waals surface area contributed by atoms with Crippen molar-refractivity contribution in [1.29, 1.82) is 0 Å². The molecule has 1 aliphatic rings. The van der Waals surface area contributed by atoms with Gasteiger partial charge in [-0.25, -0.2) is 0 Å². The lowest BCUT2D eigenvalue weighted by molar-refractivity contribution is 0.109. The zero-order valence-corrected chi connectivity index (χ0v) is 10.4. The Morgan fingerprint density at radius 2 is 2.00 bits per heavy atom. The Morgan fingerprint density at radius 1 is 1.35 bits per heavy atom. The monoisotopic (exact) mass is 257 g/mol. The first-order valence-electron chi connectivity index (χ1n) is 5.66. The summed E-state index contributed by atoms with van der Waals surface area (Å²) in [5.41, 5.74) is 5.53. The van der Waals surface area contributed by atoms with Crippen molar-refractivity contribution in [2.45, 2.75) is 25.9 Å². The van der Waals surface area contributed by atoms with Crippen molar-refractivity contribution in [3.05, 3.63) is 5.28 Å². The second kappa shape index (κ2) is 5.01. The lowest BCUT2D eigenvalue weighted by Gasteiger charge is -2.33. The molecule has 1 aromatic rings. The molecule has 0 aromatic carbocycles. The van der Waals surface area contributed by atoms with Crippen molar-refractivity contribution in [2.75, 3.05) is 23.7 Å². The van der Waals surface area contributed by atoms with Crippen molar-refractivity contribution in [2.24, 2.45) is 5.92 Å². The van der Waals surface area contributed by atoms with Gasteiger partial charge in [-0.15, -0.1) is 0 Å². The normalized spacial score (nSPS) is 19.4. The molecule has 94 valence electrons. The van der Waals surface area contributed by atoms with Crippen LogP contribution in [0.1, 0.15) is 19.8 Å². The molecule has 0 amide bonds. The third-order valence-corrected chi connectivity index (χ3v) is 3.29. The zero-order valence-electron chi connectivity index (χ0n) is 9.67. The highest BCUT2D eigenvalue weighted by atomic mass is 35.5. The lowest BCUT2D eigenvalue weighted by Crippen LogP contribution is -2.38. The van der Waals surface area contributed by atoms with Gasteiger partial charge in [0.15, 0.2) is 0 Å². The fourth-order valence-electron chi connectivity index (χ4n) is 2.08. The van der Waals surface area contributed by atoms with Crippen LogP contribution >= 0.6 is 11.6 Å². The molecule has 1 aliphatic heterocycles. The number of aliphatic hydroxyl groups excluding tert-OH is 1. The number of halogens is 1. The summed E-state index contributed by atoms with van der Waals surface area (Å²) in [6.45, 7) is 3.43. The van der Waals surface area contributed by atoms with Crippen LogP contribution in [-0.2, 0) is 0 Å². The highest BCUT2D eigenvalue weighted by molar-refractivity contribution is 6.28. The van der Waals surface area contributed by atoms with Crippen LogP contribution in [0.4, 0.5) is 11.9 Å². The molecule has 2 rings (SSSR count). The Bertz CT molecular complexity index is 372. The van der Waals surface area contributed by atoms with Gasteiger partial charge in [-0.1, -0.05) is 0 Å². The zero-order chi connectivity index (χ0) is 12.4. The summed E-state index contributed by atoms with van der Waals surface area (Å²) in [6, 6.07) is 0. The van der Waals surface area contributed by atoms with Gasteiger partial charge >= 0.3 is 0 Å². The van der Waals surface area contributed by atoms with E-state index in [1.54, 1.807) is 0 Å². The molecule has 2 heterocycles. The molecule has 17 heavy (non-hydrogen) atoms. The van der Waals surface area contributed by atoms with Gasteiger partial charge in [0, 0.05) is 13.1 Å². The van der Waals surface area contributed by atoms with Crippen molar-refractivity contribution in [3.8, 4) is 0 Å². The molecular formula is C10H16ClN5O. The fraction of sp³-hybridized carbons (Fsp3) is 0.700. The highest BCUT2D eigenvalue weighted by Gasteiger charge is 2.24. The van der Waals surface area contributed by atoms with E-state index >= 15 is 0 Å². The van der Waals surface area contributed by atoms with Gasteiger partial charge < -0.3 is 15.7 Å². The molecule has 7 heteroatoms. The van der Waals surface area contributed by atoms with Gasteiger partial charge in [-0.05, 0) is 37.3 Å². The van der Waals surface area contributed by atoms with Crippen LogP contribution < -0.4 is 10.6 Å². The quantitative estimate of drug-likeness (QED) is 0.811. The summed E-state index contributed by atoms with van der Waals surface area (Å²) in [5, 5.41) is 9.64. The van der Waals surface area contributed by atoms with E-state index in [0.717, 1.165) is 25.9 Å². The molecule has 0 bridgehead atoms. The summed E-state index contributed by atoms with van der Waals surface area (Å²) in [5.74, 6) is 1.00. The van der Waals surface area contributed by atoms with Crippen LogP contribution in [0.15, 0.2) is 0 Å². The summed E-state index contributed by atoms with van der Waals surface area (Å²) >= 11 is 5.74. The second-order valence-corrected chi connectivity index (χ2v) is 4.67. The van der Waals surface area contributed by atoms with Gasteiger partial charge in [0.25, 0.3) is 0 Å². The van der Waals surface area contributed by atoms with Crippen molar-refractivity contribution in [3.63, 3.8) is 0 Å². The van der Waals surface area contributed by atoms with E-state index in [4.69, 9.17) is 17.3 Å². The van der Waals surface area contributed by atoms with E-state index in [2.05, 4.69) is 15.0 Å². The average Bonchev–Trinajstić information content (AvgIpc) is 2.28. The van der Waals surface area contributed by atoms with Gasteiger partial charge in [-0.3, -0.25) is 0 Å². The molecule has 0 spiro atoms. The molecule has 1 saturated heterocycles. The Morgan fingerprint density at radius 3 is 2.53 bits per heavy atom. The third kappa shape index (κ3) is 2.95. The Labute approximate surface area is 105 Å². The number of nitrogen functional groups attached to an aromatic ring is 1. The van der Waals surface area contributed by atoms with E-state index < -0.39 is 0 Å². The first kappa shape index (κ1) is 12.3. The standard InChI is InChI=1S/C10H16ClN5O/c1-6(17)7-2-4-16(5-3-7)10-14-8(11)13-9(12)15-10/h6-7,17H,2-5H2,1H3,(H2,12,13,14,15). The third-order valence-electron chi connectivity index (χ3n) is 3.12. The number of piperidine rings is 1. The molecule has 0 saturated carbocycles. The van der Waals surface area contributed by atoms with E-state index in [9.17, 15) is 5.11 Å². The summed E-state index contributed by atoms with van der Waals surface area (Å²) in [7, 11) is 0. The number of aliphatic hydroxyl groups is 1. The number of rotatable bonds is 2. The number of nitrogens with two attached hydrogens (primary N) is 1. The Kier molecular flexibility index (Phi) is 3.63. The fourth-order valence-corrected chi connectivity index (χ4v) is 2.24. The second-order valence-electron chi connectivity index (χ2n) is 4.33. The van der Waals surface area contributed by atoms with Crippen LogP contribution in [0.3, 0.4) is 0 Å². The molecular weight excluding hydrogens is 242 g/mol. The first-order valence-corrected chi connectivity index (χ1v) is 6.04. The van der Waals surface area contributed by atoms with E-state index in [-0.39, 0.29) is 17.3 Å². The Hall–Kier alpha value is -1.14. The summed E-state index contributed by atoms with van der Waals surface area (Å²) in [4.78, 5) is 13.9. The highest BCUT2D eigenvalue weighted by Crippen LogP contribution is 2.23. The predicted molar refractivity (Wildman–Crippen MR) is 65.9 cm³/mol. The molecule has 6 nitrogen and oxygen atoms in total. The van der Waals surface area contributed by atoms with Gasteiger partial charge in [0.1, 0.15) is 0 Å². The van der Waals surface area contributed by atoms with E-state index in [0.29, 0.717) is 11.9 Å². The number of aromatic nitrogens is 3. The van der Waals surface area contributed by atoms with E-state index in [1.807, 2.05) is 11.8 Å². The SMILES string of the molecule is CC(O)C1CCN(c2nc(N)nc(Cl)n2)CC1. The molecule has 1 fully saturated rings. The smallest absolute Gasteiger partial charge is 0.231 e. The topological polar surface area (TPSA) is 88.2 Å². The van der Waals surface area contributed by atoms with Crippen LogP contribution in [0.2, 0.25) is 5.28 Å². The number of nitrogens with zero attached hydrogens (tertiary/aromatic N) is 4. The van der Waals surface area contributed by atoms with E-state index in [1.165, 1.54) is 0 Å². The molecule has 1 unspecified atom stereocenters. The molecule has 1 aromatic heterocycles. The summed E-state index contributed by atoms with van der Waals surface area (Å²) < 4.78 is 0. The van der Waals surface area contributed by atoms with Crippen LogP contribution in [0, 0.1) is 5.92 Å². The van der Waals surface area contributed by atoms with Crippen molar-refractivity contribution < 1.29 is 5.11 Å². The molecule has 0 aliphatic carbocycles. The largest absolute Gasteiger partial charge is 0.393 e. The predicted octanol–water partition coefficient (Wildman–Crippen LogP) is 0.704. The maximum atomic E-state index is 9.52. The van der Waals surface area contributed by atoms with Gasteiger partial charge in [-0.2, -0.15) is 15.0 Å². The number of hydrogen-bond acceptors (Lipinski definition) is 6. The maximum Gasteiger partial charge on any atom is 0.231 e. The number of hydrogen-bond donors (Lipinski definition) is 2. The van der Waals surface area contributed by atoms with Crippen LogP contribution in [-0.4, -0.2) is 39.3 Å². The Balaban J connectivity index is 2.05. The number of anilines is 2. The average molecular weight is 258 g/mol. The van der Waals surface area contributed by atoms with Crippen LogP contribution in [0.25, 0.3) is 0 Å². The summed E-state index contributed by atoms with van der Waals surface area (Å²) in [6.07, 6.45) is 1.58. The van der Waals surface area contributed by atoms with Gasteiger partial charge in [0.2, 0.25) is 17.2 Å². The minimum Gasteiger partial charge on any atom is -0.393 e. The van der Waals surface area contributed by atoms with Crippen molar-refractivity contribution >= 4 is 23.5 Å². The molecule has 1 atom stereocenters. The first-order chi connectivity index (χ1) is 8.06. The van der Waals surface area contributed by atoms with Gasteiger partial charge in [0.05, 0.1) is 6.10 Å². The maximum absolute atomic E-state index is 9.52. The molecule has 3 N–H and O–H groups in total. The van der Waals surface area contributed by atoms with Crippen molar-refractivity contribution in [1.82, 2.24) is 15.0 Å². The van der Waals surface area contributed by atoms with Crippen LogP contribution in [0.5, 0.6) is 0 Å². The minimum absolute atomic E-state index is 0.116. The minimum atomic E-state index is -0.260. The lowest BCUT2D eigenvalue weighted by atomic mass is 9.92. The molecule has 0 radical (unpaired) electrons.